The van der Waals surface area contributed by atoms with E-state index in [0.717, 1.165) is 29.7 Å². The maximum atomic E-state index is 12.8. The van der Waals surface area contributed by atoms with Gasteiger partial charge in [-0.15, -0.1) is 0 Å². The first-order valence-corrected chi connectivity index (χ1v) is 8.73. The fraction of sp³-hybridized carbons (Fsp3) is 0.333. The number of methoxy groups -OCH3 is 1. The lowest BCUT2D eigenvalue weighted by molar-refractivity contribution is -0.120. The summed E-state index contributed by atoms with van der Waals surface area (Å²) in [5, 5.41) is 5.82. The first kappa shape index (κ1) is 18.1. The molecule has 3 rings (SSSR count). The number of anilines is 2. The fourth-order valence-corrected chi connectivity index (χ4v) is 3.09. The monoisotopic (exact) mass is 352 g/mol. The van der Waals surface area contributed by atoms with Gasteiger partial charge in [0.25, 0.3) is 0 Å². The molecule has 2 N–H and O–H groups in total. The summed E-state index contributed by atoms with van der Waals surface area (Å²) in [5.41, 5.74) is 4.17. The number of aryl methyl sites for hydroxylation is 2. The third-order valence-electron chi connectivity index (χ3n) is 4.82. The molecule has 0 spiro atoms. The molecule has 0 saturated heterocycles. The number of carbonyl (C=O) groups is 2. The zero-order chi connectivity index (χ0) is 18.7. The molecule has 1 aliphatic carbocycles. The minimum atomic E-state index is -0.410. The SMILES string of the molecule is COCC(=O)Nc1ccc(NC(=O)C2(c3ccc(C)cc3)CC2)cc1C. The second kappa shape index (κ2) is 7.30. The Morgan fingerprint density at radius 3 is 2.31 bits per heavy atom. The van der Waals surface area contributed by atoms with E-state index in [1.54, 1.807) is 12.1 Å². The molecule has 0 aromatic heterocycles. The lowest BCUT2D eigenvalue weighted by atomic mass is 9.94. The summed E-state index contributed by atoms with van der Waals surface area (Å²) < 4.78 is 4.82. The van der Waals surface area contributed by atoms with Crippen molar-refractivity contribution in [1.82, 2.24) is 0 Å². The van der Waals surface area contributed by atoms with Gasteiger partial charge < -0.3 is 15.4 Å². The Morgan fingerprint density at radius 1 is 1.04 bits per heavy atom. The Hall–Kier alpha value is -2.66. The van der Waals surface area contributed by atoms with E-state index in [9.17, 15) is 9.59 Å². The fourth-order valence-electron chi connectivity index (χ4n) is 3.09. The molecule has 0 bridgehead atoms. The van der Waals surface area contributed by atoms with Gasteiger partial charge >= 0.3 is 0 Å². The summed E-state index contributed by atoms with van der Waals surface area (Å²) >= 11 is 0. The summed E-state index contributed by atoms with van der Waals surface area (Å²) in [7, 11) is 1.48. The predicted octanol–water partition coefficient (Wildman–Crippen LogP) is 3.56. The van der Waals surface area contributed by atoms with Crippen molar-refractivity contribution >= 4 is 23.2 Å². The second-order valence-electron chi connectivity index (χ2n) is 6.91. The number of nitrogens with one attached hydrogen (secondary N) is 2. The molecule has 2 amide bonds. The highest BCUT2D eigenvalue weighted by molar-refractivity contribution is 6.01. The Morgan fingerprint density at radius 2 is 1.73 bits per heavy atom. The molecule has 2 aromatic rings. The van der Waals surface area contributed by atoms with Crippen LogP contribution in [-0.4, -0.2) is 25.5 Å². The number of hydrogen-bond donors (Lipinski definition) is 2. The molecule has 26 heavy (non-hydrogen) atoms. The van der Waals surface area contributed by atoms with E-state index in [0.29, 0.717) is 5.69 Å². The maximum absolute atomic E-state index is 12.8. The topological polar surface area (TPSA) is 67.4 Å². The van der Waals surface area contributed by atoms with Crippen LogP contribution >= 0.6 is 0 Å². The Kier molecular flexibility index (Phi) is 5.09. The van der Waals surface area contributed by atoms with Crippen LogP contribution in [0.4, 0.5) is 11.4 Å². The molecule has 136 valence electrons. The molecule has 0 unspecified atom stereocenters. The molecule has 0 atom stereocenters. The Bertz CT molecular complexity index is 824. The van der Waals surface area contributed by atoms with E-state index in [-0.39, 0.29) is 18.4 Å². The van der Waals surface area contributed by atoms with Crippen molar-refractivity contribution in [1.29, 1.82) is 0 Å². The van der Waals surface area contributed by atoms with Gasteiger partial charge in [-0.1, -0.05) is 29.8 Å². The number of ether oxygens (including phenoxy) is 1. The number of carbonyl (C=O) groups excluding carboxylic acids is 2. The van der Waals surface area contributed by atoms with Gasteiger partial charge in [-0.25, -0.2) is 0 Å². The zero-order valence-electron chi connectivity index (χ0n) is 15.4. The highest BCUT2D eigenvalue weighted by atomic mass is 16.5. The standard InChI is InChI=1S/C21H24N2O3/c1-14-4-6-16(7-5-14)21(10-11-21)20(25)22-17-8-9-18(15(2)12-17)23-19(24)13-26-3/h4-9,12H,10-11,13H2,1-3H3,(H,22,25)(H,23,24). The van der Waals surface area contributed by atoms with Gasteiger partial charge in [0.15, 0.2) is 0 Å². The Labute approximate surface area is 153 Å². The van der Waals surface area contributed by atoms with Crippen LogP contribution in [0.25, 0.3) is 0 Å². The molecule has 1 aliphatic rings. The minimum Gasteiger partial charge on any atom is -0.375 e. The largest absolute Gasteiger partial charge is 0.375 e. The minimum absolute atomic E-state index is 0.0109. The molecular formula is C21H24N2O3. The predicted molar refractivity (Wildman–Crippen MR) is 102 cm³/mol. The number of hydrogen-bond acceptors (Lipinski definition) is 3. The van der Waals surface area contributed by atoms with Crippen molar-refractivity contribution in [3.8, 4) is 0 Å². The molecular weight excluding hydrogens is 328 g/mol. The molecule has 2 aromatic carbocycles. The van der Waals surface area contributed by atoms with Crippen molar-refractivity contribution in [2.75, 3.05) is 24.4 Å². The quantitative estimate of drug-likeness (QED) is 0.835. The molecule has 5 heteroatoms. The van der Waals surface area contributed by atoms with Crippen LogP contribution in [-0.2, 0) is 19.7 Å². The lowest BCUT2D eigenvalue weighted by Gasteiger charge is -2.17. The first-order chi connectivity index (χ1) is 12.4. The van der Waals surface area contributed by atoms with E-state index >= 15 is 0 Å². The van der Waals surface area contributed by atoms with E-state index < -0.39 is 5.41 Å². The average Bonchev–Trinajstić information content (AvgIpc) is 3.40. The summed E-state index contributed by atoms with van der Waals surface area (Å²) in [6.45, 7) is 3.95. The van der Waals surface area contributed by atoms with E-state index in [1.165, 1.54) is 12.7 Å². The molecule has 1 fully saturated rings. The van der Waals surface area contributed by atoms with Crippen molar-refractivity contribution in [2.24, 2.45) is 0 Å². The van der Waals surface area contributed by atoms with Crippen LogP contribution in [0.2, 0.25) is 0 Å². The van der Waals surface area contributed by atoms with Crippen LogP contribution in [0.5, 0.6) is 0 Å². The van der Waals surface area contributed by atoms with Crippen LogP contribution in [0, 0.1) is 13.8 Å². The van der Waals surface area contributed by atoms with Crippen molar-refractivity contribution in [3.63, 3.8) is 0 Å². The van der Waals surface area contributed by atoms with Gasteiger partial charge in [0.1, 0.15) is 6.61 Å². The van der Waals surface area contributed by atoms with Crippen LogP contribution < -0.4 is 10.6 Å². The summed E-state index contributed by atoms with van der Waals surface area (Å²) in [4.78, 5) is 24.5. The van der Waals surface area contributed by atoms with Crippen LogP contribution in [0.3, 0.4) is 0 Å². The van der Waals surface area contributed by atoms with E-state index in [1.807, 2.05) is 44.2 Å². The molecule has 0 heterocycles. The van der Waals surface area contributed by atoms with Gasteiger partial charge in [-0.3, -0.25) is 9.59 Å². The Balaban J connectivity index is 1.71. The highest BCUT2D eigenvalue weighted by Gasteiger charge is 2.51. The van der Waals surface area contributed by atoms with Gasteiger partial charge in [-0.05, 0) is 56.0 Å². The first-order valence-electron chi connectivity index (χ1n) is 8.73. The molecule has 0 radical (unpaired) electrons. The van der Waals surface area contributed by atoms with Crippen LogP contribution in [0.1, 0.15) is 29.5 Å². The normalized spacial score (nSPS) is 14.6. The van der Waals surface area contributed by atoms with Crippen molar-refractivity contribution in [3.05, 3.63) is 59.2 Å². The van der Waals surface area contributed by atoms with Gasteiger partial charge in [0.05, 0.1) is 5.41 Å². The highest BCUT2D eigenvalue weighted by Crippen LogP contribution is 2.49. The zero-order valence-corrected chi connectivity index (χ0v) is 15.4. The average molecular weight is 352 g/mol. The van der Waals surface area contributed by atoms with Crippen LogP contribution in [0.15, 0.2) is 42.5 Å². The summed E-state index contributed by atoms with van der Waals surface area (Å²) in [6, 6.07) is 13.6. The summed E-state index contributed by atoms with van der Waals surface area (Å²) in [6.07, 6.45) is 1.73. The van der Waals surface area contributed by atoms with E-state index in [4.69, 9.17) is 4.74 Å². The summed E-state index contributed by atoms with van der Waals surface area (Å²) in [5.74, 6) is -0.180. The number of amides is 2. The smallest absolute Gasteiger partial charge is 0.250 e. The molecule has 0 aliphatic heterocycles. The lowest BCUT2D eigenvalue weighted by Crippen LogP contribution is -2.27. The number of rotatable bonds is 6. The molecule has 1 saturated carbocycles. The maximum Gasteiger partial charge on any atom is 0.250 e. The van der Waals surface area contributed by atoms with Crippen molar-refractivity contribution < 1.29 is 14.3 Å². The third-order valence-corrected chi connectivity index (χ3v) is 4.82. The van der Waals surface area contributed by atoms with E-state index in [2.05, 4.69) is 10.6 Å². The third kappa shape index (κ3) is 3.78. The van der Waals surface area contributed by atoms with Crippen molar-refractivity contribution in [2.45, 2.75) is 32.1 Å². The van der Waals surface area contributed by atoms with Gasteiger partial charge in [0, 0.05) is 18.5 Å². The van der Waals surface area contributed by atoms with Gasteiger partial charge in [-0.2, -0.15) is 0 Å². The molecule has 5 nitrogen and oxygen atoms in total. The van der Waals surface area contributed by atoms with Gasteiger partial charge in [0.2, 0.25) is 11.8 Å². The second-order valence-corrected chi connectivity index (χ2v) is 6.91. The number of benzene rings is 2.